The molecule has 13 heteroatoms. The zero-order valence-corrected chi connectivity index (χ0v) is 24.5. The number of nitrogens with zero attached hydrogens (tertiary/aromatic N) is 1. The number of carbonyl (C=O) groups is 2. The maximum atomic E-state index is 13.8. The minimum Gasteiger partial charge on any atom is -0.497 e. The zero-order valence-electron chi connectivity index (χ0n) is 24.5. The highest BCUT2D eigenvalue weighted by Gasteiger charge is 2.59. The molecule has 0 amide bonds. The summed E-state index contributed by atoms with van der Waals surface area (Å²) in [6, 6.07) is 3.82. The summed E-state index contributed by atoms with van der Waals surface area (Å²) in [6.45, 7) is 2.87. The number of hydrogen-bond acceptors (Lipinski definition) is 10. The van der Waals surface area contributed by atoms with E-state index in [-0.39, 0.29) is 26.1 Å². The number of halogens is 3. The molecule has 3 aliphatic heterocycles. The van der Waals surface area contributed by atoms with Gasteiger partial charge in [-0.15, -0.1) is 0 Å². The molecule has 3 heterocycles. The number of methoxy groups -OCH3 is 1. The van der Waals surface area contributed by atoms with E-state index in [0.29, 0.717) is 23.7 Å². The van der Waals surface area contributed by atoms with E-state index in [2.05, 4.69) is 9.64 Å². The Hall–Kier alpha value is -3.03. The van der Waals surface area contributed by atoms with E-state index in [4.69, 9.17) is 18.9 Å². The maximum Gasteiger partial charge on any atom is 0.422 e. The van der Waals surface area contributed by atoms with Crippen LogP contribution in [-0.2, 0) is 30.2 Å². The Morgan fingerprint density at radius 1 is 1.12 bits per heavy atom. The first-order valence-corrected chi connectivity index (χ1v) is 14.5. The molecule has 0 saturated carbocycles. The normalized spacial score (nSPS) is 26.0. The monoisotopic (exact) mass is 613 g/mol. The van der Waals surface area contributed by atoms with Crippen molar-refractivity contribution >= 4 is 11.9 Å². The van der Waals surface area contributed by atoms with Gasteiger partial charge in [0.05, 0.1) is 30.6 Å². The van der Waals surface area contributed by atoms with Crippen LogP contribution in [0.1, 0.15) is 69.4 Å². The average molecular weight is 614 g/mol. The Morgan fingerprint density at radius 3 is 2.51 bits per heavy atom. The van der Waals surface area contributed by atoms with Gasteiger partial charge in [-0.2, -0.15) is 13.2 Å². The third-order valence-electron chi connectivity index (χ3n) is 8.79. The molecule has 43 heavy (non-hydrogen) atoms. The summed E-state index contributed by atoms with van der Waals surface area (Å²) in [7, 11) is 1.46. The van der Waals surface area contributed by atoms with Crippen LogP contribution >= 0.6 is 0 Å². The van der Waals surface area contributed by atoms with Crippen LogP contribution in [0.2, 0.25) is 0 Å². The van der Waals surface area contributed by atoms with Crippen molar-refractivity contribution in [3.63, 3.8) is 0 Å². The lowest BCUT2D eigenvalue weighted by molar-refractivity contribution is -0.193. The first-order valence-electron chi connectivity index (χ1n) is 14.5. The summed E-state index contributed by atoms with van der Waals surface area (Å²) in [6.07, 6.45) is -2.64. The van der Waals surface area contributed by atoms with Gasteiger partial charge in [-0.25, -0.2) is 4.79 Å². The quantitative estimate of drug-likeness (QED) is 0.379. The topological polar surface area (TPSA) is 124 Å². The van der Waals surface area contributed by atoms with Crippen molar-refractivity contribution in [2.24, 2.45) is 0 Å². The van der Waals surface area contributed by atoms with Crippen LogP contribution < -0.4 is 9.47 Å². The third kappa shape index (κ3) is 6.44. The molecule has 1 aliphatic carbocycles. The second-order valence-electron chi connectivity index (χ2n) is 12.4. The summed E-state index contributed by atoms with van der Waals surface area (Å²) in [4.78, 5) is 28.6. The van der Waals surface area contributed by atoms with Crippen LogP contribution in [0.4, 0.5) is 13.2 Å². The van der Waals surface area contributed by atoms with Gasteiger partial charge < -0.3 is 33.9 Å². The lowest BCUT2D eigenvalue weighted by atomic mass is 9.77. The van der Waals surface area contributed by atoms with Gasteiger partial charge in [0.1, 0.15) is 5.76 Å². The molecule has 2 N–H and O–H groups in total. The highest BCUT2D eigenvalue weighted by Crippen LogP contribution is 2.55. The standard InChI is InChI=1S/C30H38F3NO9/c1-27(2,37)7-4-9-29(38,15-23(35)40-16-30(31,32)33)26(36)43-25-22(39-3)14-28-8-5-10-34(28)11-6-18-12-20-21(42-17-41-20)13-19(18)24(25)28/h12-14,24-25,37-38H,4-11,15-17H2,1-3H3/t24-,25?,28-,29+/m1/s1. The molecular weight excluding hydrogens is 575 g/mol. The van der Waals surface area contributed by atoms with Crippen LogP contribution in [0.3, 0.4) is 0 Å². The van der Waals surface area contributed by atoms with E-state index in [1.807, 2.05) is 18.2 Å². The Balaban J connectivity index is 1.47. The average Bonchev–Trinajstić information content (AvgIpc) is 3.60. The zero-order chi connectivity index (χ0) is 31.2. The van der Waals surface area contributed by atoms with Crippen LogP contribution in [0.15, 0.2) is 24.0 Å². The second-order valence-corrected chi connectivity index (χ2v) is 12.4. The van der Waals surface area contributed by atoms with Crippen LogP contribution in [0.25, 0.3) is 0 Å². The van der Waals surface area contributed by atoms with Gasteiger partial charge in [-0.1, -0.05) is 0 Å². The fourth-order valence-electron chi connectivity index (χ4n) is 6.85. The van der Waals surface area contributed by atoms with E-state index < -0.39 is 59.9 Å². The molecule has 0 bridgehead atoms. The van der Waals surface area contributed by atoms with Crippen molar-refractivity contribution in [1.82, 2.24) is 4.90 Å². The molecule has 1 fully saturated rings. The molecular formula is C30H38F3NO9. The van der Waals surface area contributed by atoms with Crippen molar-refractivity contribution in [2.75, 3.05) is 33.6 Å². The molecule has 238 valence electrons. The molecule has 0 radical (unpaired) electrons. The predicted octanol–water partition coefficient (Wildman–Crippen LogP) is 3.51. The Morgan fingerprint density at radius 2 is 1.84 bits per heavy atom. The summed E-state index contributed by atoms with van der Waals surface area (Å²) in [5.41, 5.74) is -2.34. The molecule has 1 aromatic rings. The van der Waals surface area contributed by atoms with Crippen molar-refractivity contribution in [3.8, 4) is 11.5 Å². The van der Waals surface area contributed by atoms with Gasteiger partial charge in [0.25, 0.3) is 0 Å². The molecule has 10 nitrogen and oxygen atoms in total. The van der Waals surface area contributed by atoms with Crippen molar-refractivity contribution < 1.29 is 56.7 Å². The highest BCUT2D eigenvalue weighted by molar-refractivity contribution is 5.86. The minimum atomic E-state index is -4.78. The number of carbonyl (C=O) groups excluding carboxylic acids is 2. The molecule has 1 saturated heterocycles. The highest BCUT2D eigenvalue weighted by atomic mass is 19.4. The molecule has 5 rings (SSSR count). The Labute approximate surface area is 247 Å². The van der Waals surface area contributed by atoms with Gasteiger partial charge in [-0.3, -0.25) is 9.69 Å². The first-order chi connectivity index (χ1) is 20.1. The maximum absolute atomic E-state index is 13.8. The molecule has 1 unspecified atom stereocenters. The van der Waals surface area contributed by atoms with Crippen molar-refractivity contribution in [1.29, 1.82) is 0 Å². The van der Waals surface area contributed by atoms with Crippen LogP contribution in [0, 0.1) is 0 Å². The van der Waals surface area contributed by atoms with Gasteiger partial charge in [0, 0.05) is 6.54 Å². The van der Waals surface area contributed by atoms with Crippen molar-refractivity contribution in [2.45, 2.75) is 93.7 Å². The number of esters is 2. The Bertz CT molecular complexity index is 1280. The SMILES string of the molecule is COC1=C[C@@]23CCCN2CCc2cc4c(cc2[C@@H]3C1OC(=O)[C@](O)(CCCC(C)(C)O)CC(=O)OCC(F)(F)F)OCO4. The minimum absolute atomic E-state index is 0.0761. The molecule has 0 aromatic heterocycles. The van der Waals surface area contributed by atoms with E-state index in [9.17, 15) is 33.0 Å². The molecule has 1 spiro atoms. The summed E-state index contributed by atoms with van der Waals surface area (Å²) < 4.78 is 65.4. The van der Waals surface area contributed by atoms with Gasteiger partial charge in [0.2, 0.25) is 6.79 Å². The van der Waals surface area contributed by atoms with Crippen molar-refractivity contribution in [3.05, 3.63) is 35.1 Å². The number of aliphatic hydroxyl groups is 2. The third-order valence-corrected chi connectivity index (χ3v) is 8.79. The smallest absolute Gasteiger partial charge is 0.422 e. The number of hydrogen-bond donors (Lipinski definition) is 2. The van der Waals surface area contributed by atoms with Crippen LogP contribution in [-0.4, -0.2) is 89.7 Å². The van der Waals surface area contributed by atoms with Gasteiger partial charge >= 0.3 is 18.1 Å². The number of fused-ring (bicyclic) bond motifs is 3. The van der Waals surface area contributed by atoms with Crippen LogP contribution in [0.5, 0.6) is 11.5 Å². The second kappa shape index (κ2) is 11.5. The number of benzene rings is 1. The fourth-order valence-corrected chi connectivity index (χ4v) is 6.85. The summed E-state index contributed by atoms with van der Waals surface area (Å²) in [5.74, 6) is -1.49. The Kier molecular flexibility index (Phi) is 8.38. The predicted molar refractivity (Wildman–Crippen MR) is 144 cm³/mol. The first kappa shape index (κ1) is 31.4. The lowest BCUT2D eigenvalue weighted by Crippen LogP contribution is -2.49. The van der Waals surface area contributed by atoms with Gasteiger partial charge in [0.15, 0.2) is 29.8 Å². The van der Waals surface area contributed by atoms with Gasteiger partial charge in [-0.05, 0) is 88.3 Å². The number of rotatable bonds is 10. The summed E-state index contributed by atoms with van der Waals surface area (Å²) in [5, 5.41) is 21.7. The van der Waals surface area contributed by atoms with E-state index >= 15 is 0 Å². The number of ether oxygens (including phenoxy) is 5. The fraction of sp³-hybridized carbons (Fsp3) is 0.667. The summed E-state index contributed by atoms with van der Waals surface area (Å²) >= 11 is 0. The largest absolute Gasteiger partial charge is 0.497 e. The van der Waals surface area contributed by atoms with E-state index in [0.717, 1.165) is 37.1 Å². The lowest BCUT2D eigenvalue weighted by Gasteiger charge is -2.39. The van der Waals surface area contributed by atoms with E-state index in [1.165, 1.54) is 21.0 Å². The van der Waals surface area contributed by atoms with E-state index in [1.54, 1.807) is 0 Å². The molecule has 4 atom stereocenters. The molecule has 4 aliphatic rings. The number of alkyl halides is 3. The molecule has 1 aromatic carbocycles.